The highest BCUT2D eigenvalue weighted by molar-refractivity contribution is 6.11. The molecule has 1 aliphatic heterocycles. The van der Waals surface area contributed by atoms with Crippen LogP contribution >= 0.6 is 0 Å². The number of ether oxygens (including phenoxy) is 1. The van der Waals surface area contributed by atoms with E-state index < -0.39 is 30.0 Å². The quantitative estimate of drug-likeness (QED) is 0.508. The number of rotatable bonds is 3. The number of hydrogen-bond donors (Lipinski definition) is 0. The molecule has 0 fully saturated rings. The molecule has 0 aromatic rings. The zero-order chi connectivity index (χ0) is 12.3. The largest absolute Gasteiger partial charge is 0.458 e. The van der Waals surface area contributed by atoms with Crippen molar-refractivity contribution in [2.75, 3.05) is 6.61 Å². The van der Waals surface area contributed by atoms with Crippen LogP contribution in [0.4, 0.5) is 0 Å². The third-order valence-electron chi connectivity index (χ3n) is 1.50. The van der Waals surface area contributed by atoms with Crippen molar-refractivity contribution < 1.29 is 24.0 Å². The Morgan fingerprint density at radius 2 is 1.75 bits per heavy atom. The molecule has 0 saturated carbocycles. The van der Waals surface area contributed by atoms with Crippen molar-refractivity contribution >= 4 is 17.8 Å². The average Bonchev–Trinajstić information content (AvgIpc) is 2.41. The monoisotopic (exact) mass is 227 g/mol. The molecule has 6 nitrogen and oxygen atoms in total. The summed E-state index contributed by atoms with van der Waals surface area (Å²) in [6, 6.07) is 0. The van der Waals surface area contributed by atoms with E-state index in [1.54, 1.807) is 20.8 Å². The molecule has 1 heterocycles. The molecule has 16 heavy (non-hydrogen) atoms. The smallest absolute Gasteiger partial charge is 0.335 e. The van der Waals surface area contributed by atoms with E-state index in [1.165, 1.54) is 0 Å². The first-order valence-corrected chi connectivity index (χ1v) is 4.70. The molecule has 0 aromatic carbocycles. The van der Waals surface area contributed by atoms with Gasteiger partial charge in [0.05, 0.1) is 0 Å². The Hall–Kier alpha value is -1.69. The van der Waals surface area contributed by atoms with Crippen molar-refractivity contribution in [2.45, 2.75) is 26.4 Å². The van der Waals surface area contributed by atoms with Gasteiger partial charge in [0.25, 0.3) is 11.8 Å². The summed E-state index contributed by atoms with van der Waals surface area (Å²) >= 11 is 0. The minimum atomic E-state index is -0.639. The lowest BCUT2D eigenvalue weighted by molar-refractivity contribution is -0.195. The van der Waals surface area contributed by atoms with Crippen LogP contribution in [0.3, 0.4) is 0 Å². The fourth-order valence-corrected chi connectivity index (χ4v) is 1.00. The molecule has 0 spiro atoms. The fraction of sp³-hybridized carbons (Fsp3) is 0.500. The number of hydrogen-bond acceptors (Lipinski definition) is 5. The van der Waals surface area contributed by atoms with Crippen LogP contribution in [-0.2, 0) is 24.0 Å². The van der Waals surface area contributed by atoms with Crippen molar-refractivity contribution in [2.24, 2.45) is 0 Å². The summed E-state index contributed by atoms with van der Waals surface area (Å²) in [7, 11) is 0. The van der Waals surface area contributed by atoms with Gasteiger partial charge < -0.3 is 4.74 Å². The lowest BCUT2D eigenvalue weighted by atomic mass is 10.2. The van der Waals surface area contributed by atoms with Gasteiger partial charge in [-0.05, 0) is 20.8 Å². The van der Waals surface area contributed by atoms with E-state index in [2.05, 4.69) is 0 Å². The van der Waals surface area contributed by atoms with Crippen molar-refractivity contribution in [3.05, 3.63) is 12.2 Å². The van der Waals surface area contributed by atoms with Gasteiger partial charge in [-0.2, -0.15) is 0 Å². The van der Waals surface area contributed by atoms with Gasteiger partial charge in [0.1, 0.15) is 5.60 Å². The Morgan fingerprint density at radius 3 is 2.19 bits per heavy atom. The Kier molecular flexibility index (Phi) is 3.44. The van der Waals surface area contributed by atoms with E-state index in [0.29, 0.717) is 5.06 Å². The molecule has 0 bridgehead atoms. The maximum absolute atomic E-state index is 11.2. The van der Waals surface area contributed by atoms with Crippen molar-refractivity contribution in [1.82, 2.24) is 5.06 Å². The molecular formula is C10H13NO5. The summed E-state index contributed by atoms with van der Waals surface area (Å²) in [5.74, 6) is -1.85. The zero-order valence-electron chi connectivity index (χ0n) is 9.35. The number of amides is 2. The highest BCUT2D eigenvalue weighted by Crippen LogP contribution is 2.08. The number of hydroxylamine groups is 2. The summed E-state index contributed by atoms with van der Waals surface area (Å²) in [5.41, 5.74) is -0.627. The predicted octanol–water partition coefficient (Wildman–Crippen LogP) is 0.185. The molecule has 6 heteroatoms. The molecule has 0 aromatic heterocycles. The van der Waals surface area contributed by atoms with Crippen molar-refractivity contribution in [3.8, 4) is 0 Å². The van der Waals surface area contributed by atoms with Crippen LogP contribution in [0.25, 0.3) is 0 Å². The van der Waals surface area contributed by atoms with Crippen LogP contribution in [0.15, 0.2) is 12.2 Å². The number of imide groups is 1. The SMILES string of the molecule is CC(C)(C)OC(=O)CON1C(=O)C=CC1=O. The maximum Gasteiger partial charge on any atom is 0.335 e. The number of carbonyl (C=O) groups excluding carboxylic acids is 3. The third kappa shape index (κ3) is 3.47. The van der Waals surface area contributed by atoms with Gasteiger partial charge in [0, 0.05) is 12.2 Å². The van der Waals surface area contributed by atoms with E-state index >= 15 is 0 Å². The minimum Gasteiger partial charge on any atom is -0.458 e. The summed E-state index contributed by atoms with van der Waals surface area (Å²) in [6.07, 6.45) is 2.13. The van der Waals surface area contributed by atoms with E-state index in [0.717, 1.165) is 12.2 Å². The molecule has 0 radical (unpaired) electrons. The fourth-order valence-electron chi connectivity index (χ4n) is 1.00. The molecule has 0 aliphatic carbocycles. The van der Waals surface area contributed by atoms with Crippen LogP contribution in [-0.4, -0.2) is 35.1 Å². The second-order valence-corrected chi connectivity index (χ2v) is 4.16. The number of esters is 1. The molecule has 88 valence electrons. The zero-order valence-corrected chi connectivity index (χ0v) is 9.35. The normalized spacial score (nSPS) is 15.8. The molecule has 0 unspecified atom stereocenters. The van der Waals surface area contributed by atoms with E-state index in [4.69, 9.17) is 9.57 Å². The Bertz CT molecular complexity index is 335. The first-order valence-electron chi connectivity index (χ1n) is 4.70. The Balaban J connectivity index is 2.38. The van der Waals surface area contributed by atoms with Crippen LogP contribution in [0.5, 0.6) is 0 Å². The molecule has 0 atom stereocenters. The van der Waals surface area contributed by atoms with Crippen molar-refractivity contribution in [3.63, 3.8) is 0 Å². The minimum absolute atomic E-state index is 0.476. The van der Waals surface area contributed by atoms with E-state index in [1.807, 2.05) is 0 Å². The average molecular weight is 227 g/mol. The summed E-state index contributed by atoms with van der Waals surface area (Å²) in [4.78, 5) is 38.0. The van der Waals surface area contributed by atoms with Gasteiger partial charge >= 0.3 is 5.97 Å². The maximum atomic E-state index is 11.2. The van der Waals surface area contributed by atoms with Gasteiger partial charge in [-0.3, -0.25) is 14.4 Å². The lowest BCUT2D eigenvalue weighted by Crippen LogP contribution is -2.34. The number of nitrogens with zero attached hydrogens (tertiary/aromatic N) is 1. The van der Waals surface area contributed by atoms with Crippen molar-refractivity contribution in [1.29, 1.82) is 0 Å². The van der Waals surface area contributed by atoms with Gasteiger partial charge in [-0.25, -0.2) is 4.79 Å². The molecule has 2 amide bonds. The summed E-state index contributed by atoms with van der Waals surface area (Å²) < 4.78 is 4.93. The van der Waals surface area contributed by atoms with Gasteiger partial charge in [0.15, 0.2) is 6.61 Å². The summed E-state index contributed by atoms with van der Waals surface area (Å²) in [5, 5.41) is 0.518. The van der Waals surface area contributed by atoms with Crippen LogP contribution < -0.4 is 0 Å². The van der Waals surface area contributed by atoms with Gasteiger partial charge in [-0.1, -0.05) is 0 Å². The van der Waals surface area contributed by atoms with Gasteiger partial charge in [0.2, 0.25) is 0 Å². The highest BCUT2D eigenvalue weighted by atomic mass is 16.7. The molecule has 1 aliphatic rings. The first kappa shape index (κ1) is 12.4. The second-order valence-electron chi connectivity index (χ2n) is 4.16. The van der Waals surface area contributed by atoms with E-state index in [9.17, 15) is 14.4 Å². The molecule has 0 N–H and O–H groups in total. The lowest BCUT2D eigenvalue weighted by Gasteiger charge is -2.20. The summed E-state index contributed by atoms with van der Waals surface area (Å²) in [6.45, 7) is 4.65. The second kappa shape index (κ2) is 4.44. The van der Waals surface area contributed by atoms with E-state index in [-0.39, 0.29) is 0 Å². The molecule has 0 saturated heterocycles. The standard InChI is InChI=1S/C10H13NO5/c1-10(2,3)16-9(14)6-15-11-7(12)4-5-8(11)13/h4-5H,6H2,1-3H3. The predicted molar refractivity (Wildman–Crippen MR) is 52.8 cm³/mol. The topological polar surface area (TPSA) is 72.9 Å². The van der Waals surface area contributed by atoms with Gasteiger partial charge in [-0.15, -0.1) is 5.06 Å². The van der Waals surface area contributed by atoms with Crippen LogP contribution in [0, 0.1) is 0 Å². The Morgan fingerprint density at radius 1 is 1.25 bits per heavy atom. The molecular weight excluding hydrogens is 214 g/mol. The molecule has 1 rings (SSSR count). The van der Waals surface area contributed by atoms with Crippen LogP contribution in [0.2, 0.25) is 0 Å². The third-order valence-corrected chi connectivity index (χ3v) is 1.50. The number of carbonyl (C=O) groups is 3. The Labute approximate surface area is 92.8 Å². The highest BCUT2D eigenvalue weighted by Gasteiger charge is 2.26. The first-order chi connectivity index (χ1) is 7.29. The van der Waals surface area contributed by atoms with Crippen LogP contribution in [0.1, 0.15) is 20.8 Å².